The van der Waals surface area contributed by atoms with Crippen molar-refractivity contribution in [2.45, 2.75) is 0 Å². The number of hydrogen-bond donors (Lipinski definition) is 1. The van der Waals surface area contributed by atoms with Gasteiger partial charge < -0.3 is 5.73 Å². The van der Waals surface area contributed by atoms with E-state index >= 15 is 0 Å². The molecular formula is C6H5N3. The molecular weight excluding hydrogens is 114 g/mol. The number of nitrogens with two attached hydrogens (primary N) is 1. The molecule has 0 aromatic heterocycles. The molecule has 0 aliphatic heterocycles. The number of hydrogen-bond acceptors (Lipinski definition) is 3. The number of allylic oxidation sites excluding steroid dienone is 3. The van der Waals surface area contributed by atoms with Crippen LogP contribution in [0.4, 0.5) is 0 Å². The normalized spacial score (nSPS) is 7.78. The maximum Gasteiger partial charge on any atom is 0.129 e. The highest BCUT2D eigenvalue weighted by atomic mass is 14.5. The van der Waals surface area contributed by atoms with Gasteiger partial charge in [-0.25, -0.2) is 0 Å². The third-order valence-electron chi connectivity index (χ3n) is 0.615. The minimum Gasteiger partial charge on any atom is -0.405 e. The predicted octanol–water partition coefficient (Wildman–Crippen LogP) is 0.432. The van der Waals surface area contributed by atoms with Crippen molar-refractivity contribution in [1.82, 2.24) is 0 Å². The second-order valence-electron chi connectivity index (χ2n) is 1.19. The summed E-state index contributed by atoms with van der Waals surface area (Å²) < 4.78 is 0. The molecule has 2 N–H and O–H groups in total. The van der Waals surface area contributed by atoms with Crippen LogP contribution >= 0.6 is 0 Å². The van der Waals surface area contributed by atoms with Gasteiger partial charge in [-0.1, -0.05) is 0 Å². The van der Waals surface area contributed by atoms with E-state index in [1.807, 2.05) is 0 Å². The Bertz CT molecular complexity index is 195. The van der Waals surface area contributed by atoms with Gasteiger partial charge in [0.1, 0.15) is 17.7 Å². The first-order valence-corrected chi connectivity index (χ1v) is 2.24. The zero-order valence-corrected chi connectivity index (χ0v) is 4.70. The Kier molecular flexibility index (Phi) is 3.57. The van der Waals surface area contributed by atoms with Crippen molar-refractivity contribution in [2.75, 3.05) is 0 Å². The quantitative estimate of drug-likeness (QED) is 0.402. The van der Waals surface area contributed by atoms with Gasteiger partial charge in [0.2, 0.25) is 0 Å². The molecule has 0 heterocycles. The first kappa shape index (κ1) is 7.26. The molecule has 44 valence electrons. The molecule has 3 nitrogen and oxygen atoms in total. The van der Waals surface area contributed by atoms with Crippen molar-refractivity contribution in [2.24, 2.45) is 5.73 Å². The molecule has 0 aromatic carbocycles. The molecule has 0 atom stereocenters. The highest BCUT2D eigenvalue weighted by Gasteiger charge is 1.83. The molecule has 0 saturated carbocycles. The zero-order chi connectivity index (χ0) is 7.11. The van der Waals surface area contributed by atoms with Crippen molar-refractivity contribution in [3.63, 3.8) is 0 Å². The number of nitrogens with zero attached hydrogens (tertiary/aromatic N) is 2. The lowest BCUT2D eigenvalue weighted by molar-refractivity contribution is 1.46. The Morgan fingerprint density at radius 3 is 2.22 bits per heavy atom. The molecule has 0 fully saturated rings. The van der Waals surface area contributed by atoms with Crippen LogP contribution in [0.5, 0.6) is 0 Å². The van der Waals surface area contributed by atoms with Crippen LogP contribution in [0, 0.1) is 22.7 Å². The largest absolute Gasteiger partial charge is 0.405 e. The Hall–Kier alpha value is -1.74. The van der Waals surface area contributed by atoms with Gasteiger partial charge in [-0.2, -0.15) is 10.5 Å². The molecule has 0 radical (unpaired) electrons. The molecule has 0 saturated heterocycles. The van der Waals surface area contributed by atoms with E-state index in [1.165, 1.54) is 18.4 Å². The highest BCUT2D eigenvalue weighted by Crippen LogP contribution is 1.87. The Morgan fingerprint density at radius 1 is 1.33 bits per heavy atom. The lowest BCUT2D eigenvalue weighted by Crippen LogP contribution is -1.74. The Morgan fingerprint density at radius 2 is 1.89 bits per heavy atom. The standard InChI is InChI=1S/C6H5N3/c7-3-1-2-6(4-8)5-9/h1-3H,7H2/b3-1-. The SMILES string of the molecule is N#CC(C#N)=C/C=C\N. The summed E-state index contributed by atoms with van der Waals surface area (Å²) in [5.41, 5.74) is 4.99. The summed E-state index contributed by atoms with van der Waals surface area (Å²) in [6.45, 7) is 0. The van der Waals surface area contributed by atoms with E-state index in [9.17, 15) is 0 Å². The van der Waals surface area contributed by atoms with Gasteiger partial charge in [0.05, 0.1) is 0 Å². The van der Waals surface area contributed by atoms with Gasteiger partial charge in [0.15, 0.2) is 0 Å². The fourth-order valence-electron chi connectivity index (χ4n) is 0.251. The lowest BCUT2D eigenvalue weighted by atomic mass is 10.3. The first-order valence-electron chi connectivity index (χ1n) is 2.24. The van der Waals surface area contributed by atoms with Crippen molar-refractivity contribution in [3.05, 3.63) is 23.9 Å². The summed E-state index contributed by atoms with van der Waals surface area (Å²) in [7, 11) is 0. The van der Waals surface area contributed by atoms with E-state index in [-0.39, 0.29) is 5.57 Å². The molecule has 0 spiro atoms. The van der Waals surface area contributed by atoms with Crippen LogP contribution in [0.15, 0.2) is 23.9 Å². The van der Waals surface area contributed by atoms with Crippen molar-refractivity contribution in [3.8, 4) is 12.1 Å². The van der Waals surface area contributed by atoms with E-state index in [0.29, 0.717) is 0 Å². The fourth-order valence-corrected chi connectivity index (χ4v) is 0.251. The predicted molar refractivity (Wildman–Crippen MR) is 32.6 cm³/mol. The van der Waals surface area contributed by atoms with E-state index in [2.05, 4.69) is 0 Å². The molecule has 3 heteroatoms. The third kappa shape index (κ3) is 2.90. The van der Waals surface area contributed by atoms with Gasteiger partial charge >= 0.3 is 0 Å². The molecule has 0 amide bonds. The second kappa shape index (κ2) is 4.42. The van der Waals surface area contributed by atoms with Crippen LogP contribution in [0.3, 0.4) is 0 Å². The third-order valence-corrected chi connectivity index (χ3v) is 0.615. The van der Waals surface area contributed by atoms with Gasteiger partial charge in [0.25, 0.3) is 0 Å². The van der Waals surface area contributed by atoms with E-state index in [0.717, 1.165) is 0 Å². The van der Waals surface area contributed by atoms with Crippen molar-refractivity contribution >= 4 is 0 Å². The van der Waals surface area contributed by atoms with Gasteiger partial charge in [-0.05, 0) is 18.4 Å². The summed E-state index contributed by atoms with van der Waals surface area (Å²) in [5, 5.41) is 16.3. The molecule has 0 bridgehead atoms. The average molecular weight is 119 g/mol. The van der Waals surface area contributed by atoms with Gasteiger partial charge in [0, 0.05) is 0 Å². The fraction of sp³-hybridized carbons (Fsp3) is 0. The summed E-state index contributed by atoms with van der Waals surface area (Å²) in [5.74, 6) is 0. The highest BCUT2D eigenvalue weighted by molar-refractivity contribution is 5.37. The second-order valence-corrected chi connectivity index (χ2v) is 1.19. The van der Waals surface area contributed by atoms with Crippen LogP contribution in [0.25, 0.3) is 0 Å². The van der Waals surface area contributed by atoms with Crippen LogP contribution in [0.2, 0.25) is 0 Å². The van der Waals surface area contributed by atoms with Crippen LogP contribution in [0.1, 0.15) is 0 Å². The van der Waals surface area contributed by atoms with Crippen LogP contribution in [-0.4, -0.2) is 0 Å². The molecule has 0 aromatic rings. The van der Waals surface area contributed by atoms with E-state index in [1.54, 1.807) is 12.1 Å². The summed E-state index contributed by atoms with van der Waals surface area (Å²) in [6, 6.07) is 3.36. The maximum atomic E-state index is 8.14. The van der Waals surface area contributed by atoms with Crippen LogP contribution in [-0.2, 0) is 0 Å². The van der Waals surface area contributed by atoms with Crippen molar-refractivity contribution in [1.29, 1.82) is 10.5 Å². The smallest absolute Gasteiger partial charge is 0.129 e. The molecule has 0 aliphatic carbocycles. The summed E-state index contributed by atoms with van der Waals surface area (Å²) in [6.07, 6.45) is 4.04. The summed E-state index contributed by atoms with van der Waals surface area (Å²) >= 11 is 0. The molecule has 0 rings (SSSR count). The Labute approximate surface area is 53.3 Å². The van der Waals surface area contributed by atoms with Gasteiger partial charge in [-0.15, -0.1) is 0 Å². The first-order chi connectivity index (χ1) is 4.35. The van der Waals surface area contributed by atoms with Gasteiger partial charge in [-0.3, -0.25) is 0 Å². The van der Waals surface area contributed by atoms with E-state index < -0.39 is 0 Å². The Balaban J connectivity index is 4.18. The molecule has 0 aliphatic rings. The lowest BCUT2D eigenvalue weighted by Gasteiger charge is -1.72. The minimum atomic E-state index is 0.0525. The maximum absolute atomic E-state index is 8.14. The minimum absolute atomic E-state index is 0.0525. The summed E-state index contributed by atoms with van der Waals surface area (Å²) in [4.78, 5) is 0. The monoisotopic (exact) mass is 119 g/mol. The topological polar surface area (TPSA) is 73.6 Å². The van der Waals surface area contributed by atoms with E-state index in [4.69, 9.17) is 16.3 Å². The number of rotatable bonds is 1. The number of nitriles is 2. The molecule has 0 unspecified atom stereocenters. The van der Waals surface area contributed by atoms with Crippen LogP contribution < -0.4 is 5.73 Å². The van der Waals surface area contributed by atoms with Crippen molar-refractivity contribution < 1.29 is 0 Å². The zero-order valence-electron chi connectivity index (χ0n) is 4.70. The molecule has 9 heavy (non-hydrogen) atoms. The average Bonchev–Trinajstić information content (AvgIpc) is 1.91.